The first-order valence-electron chi connectivity index (χ1n) is 8.29. The van der Waals surface area contributed by atoms with Crippen LogP contribution >= 0.6 is 0 Å². The van der Waals surface area contributed by atoms with Crippen molar-refractivity contribution in [3.63, 3.8) is 0 Å². The smallest absolute Gasteiger partial charge is 0.550 e. The van der Waals surface area contributed by atoms with Gasteiger partial charge in [0.2, 0.25) is 5.91 Å². The van der Waals surface area contributed by atoms with Gasteiger partial charge >= 0.3 is 29.6 Å². The normalized spacial score (nSPS) is 25.1. The van der Waals surface area contributed by atoms with Gasteiger partial charge in [-0.25, -0.2) is 4.98 Å². The zero-order valence-corrected chi connectivity index (χ0v) is 17.2. The summed E-state index contributed by atoms with van der Waals surface area (Å²) < 4.78 is 1.97. The van der Waals surface area contributed by atoms with Crippen molar-refractivity contribution in [1.29, 1.82) is 0 Å². The number of aromatic nitrogens is 2. The van der Waals surface area contributed by atoms with Crippen LogP contribution in [-0.4, -0.2) is 28.0 Å². The van der Waals surface area contributed by atoms with E-state index in [4.69, 9.17) is 0 Å². The summed E-state index contributed by atoms with van der Waals surface area (Å²) in [4.78, 5) is 27.9. The number of carbonyl (C=O) groups is 2. The van der Waals surface area contributed by atoms with Crippen LogP contribution in [-0.2, 0) is 23.1 Å². The van der Waals surface area contributed by atoms with E-state index >= 15 is 0 Å². The Balaban J connectivity index is 0.00000225. The zero-order chi connectivity index (χ0) is 17.4. The van der Waals surface area contributed by atoms with Crippen LogP contribution in [0.15, 0.2) is 24.5 Å². The molecule has 1 fully saturated rings. The number of aliphatic carboxylic acids is 1. The monoisotopic (exact) mass is 351 g/mol. The van der Waals surface area contributed by atoms with E-state index in [1.807, 2.05) is 43.8 Å². The van der Waals surface area contributed by atoms with Crippen molar-refractivity contribution in [3.05, 3.63) is 30.1 Å². The van der Waals surface area contributed by atoms with Crippen molar-refractivity contribution in [2.24, 2.45) is 30.7 Å². The van der Waals surface area contributed by atoms with Crippen LogP contribution in [0.1, 0.15) is 19.4 Å². The number of carboxylic acid groups (broad SMARTS) is 1. The van der Waals surface area contributed by atoms with E-state index in [1.165, 1.54) is 0 Å². The first-order valence-corrected chi connectivity index (χ1v) is 8.29. The molecular weight excluding hydrogens is 329 g/mol. The van der Waals surface area contributed by atoms with Crippen molar-refractivity contribution in [3.8, 4) is 0 Å². The molecule has 7 heteroatoms. The Morgan fingerprint density at radius 2 is 1.96 bits per heavy atom. The minimum atomic E-state index is -1.12. The molecule has 1 saturated carbocycles. The van der Waals surface area contributed by atoms with E-state index in [9.17, 15) is 14.7 Å². The number of nitrogens with one attached hydrogen (secondary N) is 1. The van der Waals surface area contributed by atoms with Crippen molar-refractivity contribution in [2.45, 2.75) is 20.3 Å². The summed E-state index contributed by atoms with van der Waals surface area (Å²) in [5, 5.41) is 15.2. The molecule has 1 amide bonds. The second kappa shape index (κ2) is 7.89. The van der Waals surface area contributed by atoms with Crippen LogP contribution in [0, 0.1) is 23.7 Å². The molecular formula is C18H22N3NaO3. The standard InChI is InChI=1S/C18H23N3O3.Na/c1-10-11(2)15(18(23)24)14(10)17(22)20-8-6-12-9-21(3)16-13(12)5-4-7-19-16;/h4-5,7,9-11,14-15H,6,8H2,1-3H3,(H,20,22)(H,23,24);/q;+1/p-1/t10?,11?,14-,15+;/m0./s1. The molecule has 0 radical (unpaired) electrons. The molecule has 6 nitrogen and oxygen atoms in total. The average Bonchev–Trinajstić information content (AvgIpc) is 2.87. The van der Waals surface area contributed by atoms with Gasteiger partial charge in [-0.3, -0.25) is 4.79 Å². The zero-order valence-electron chi connectivity index (χ0n) is 15.2. The molecule has 3 rings (SSSR count). The van der Waals surface area contributed by atoms with Gasteiger partial charge in [-0.15, -0.1) is 0 Å². The molecule has 1 aliphatic rings. The number of carbonyl (C=O) groups excluding carboxylic acids is 2. The number of nitrogens with zero attached hydrogens (tertiary/aromatic N) is 2. The van der Waals surface area contributed by atoms with Crippen LogP contribution in [0.2, 0.25) is 0 Å². The van der Waals surface area contributed by atoms with Gasteiger partial charge in [0.05, 0.1) is 0 Å². The second-order valence-electron chi connectivity index (χ2n) is 6.77. The number of hydrogen-bond acceptors (Lipinski definition) is 4. The molecule has 0 aliphatic heterocycles. The van der Waals surface area contributed by atoms with Crippen molar-refractivity contribution in [1.82, 2.24) is 14.9 Å². The molecule has 0 aromatic carbocycles. The number of hydrogen-bond donors (Lipinski definition) is 1. The summed E-state index contributed by atoms with van der Waals surface area (Å²) in [7, 11) is 1.94. The van der Waals surface area contributed by atoms with Crippen molar-refractivity contribution in [2.75, 3.05) is 6.54 Å². The summed E-state index contributed by atoms with van der Waals surface area (Å²) >= 11 is 0. The molecule has 0 spiro atoms. The number of aryl methyl sites for hydroxylation is 1. The van der Waals surface area contributed by atoms with Crippen molar-refractivity contribution < 1.29 is 44.3 Å². The van der Waals surface area contributed by atoms with Crippen LogP contribution in [0.3, 0.4) is 0 Å². The van der Waals surface area contributed by atoms with Gasteiger partial charge in [-0.1, -0.05) is 13.8 Å². The summed E-state index contributed by atoms with van der Waals surface area (Å²) in [6, 6.07) is 3.91. The fourth-order valence-electron chi connectivity index (χ4n) is 3.86. The number of fused-ring (bicyclic) bond motifs is 1. The summed E-state index contributed by atoms with van der Waals surface area (Å²) in [6.45, 7) is 4.26. The molecule has 1 aliphatic carbocycles. The molecule has 2 heterocycles. The summed E-state index contributed by atoms with van der Waals surface area (Å²) in [5.74, 6) is -2.43. The number of amides is 1. The Labute approximate surface area is 169 Å². The average molecular weight is 351 g/mol. The predicted molar refractivity (Wildman–Crippen MR) is 87.7 cm³/mol. The summed E-state index contributed by atoms with van der Waals surface area (Å²) in [6.07, 6.45) is 4.45. The van der Waals surface area contributed by atoms with E-state index in [2.05, 4.69) is 10.3 Å². The van der Waals surface area contributed by atoms with Crippen LogP contribution < -0.4 is 40.0 Å². The topological polar surface area (TPSA) is 87.0 Å². The van der Waals surface area contributed by atoms with E-state index in [0.29, 0.717) is 13.0 Å². The largest absolute Gasteiger partial charge is 1.00 e. The van der Waals surface area contributed by atoms with E-state index in [-0.39, 0.29) is 47.3 Å². The second-order valence-corrected chi connectivity index (χ2v) is 6.77. The Kier molecular flexibility index (Phi) is 6.30. The van der Waals surface area contributed by atoms with E-state index in [1.54, 1.807) is 6.20 Å². The molecule has 0 bridgehead atoms. The molecule has 0 saturated heterocycles. The Morgan fingerprint density at radius 1 is 1.28 bits per heavy atom. The number of rotatable bonds is 5. The molecule has 1 N–H and O–H groups in total. The number of carboxylic acids is 1. The maximum Gasteiger partial charge on any atom is 1.00 e. The van der Waals surface area contributed by atoms with Crippen LogP contribution in [0.4, 0.5) is 0 Å². The van der Waals surface area contributed by atoms with E-state index < -0.39 is 17.8 Å². The first kappa shape index (κ1) is 19.9. The van der Waals surface area contributed by atoms with Crippen molar-refractivity contribution >= 4 is 22.9 Å². The minimum Gasteiger partial charge on any atom is -0.550 e. The third-order valence-corrected chi connectivity index (χ3v) is 5.43. The maximum atomic E-state index is 12.3. The maximum absolute atomic E-state index is 12.3. The molecule has 4 atom stereocenters. The van der Waals surface area contributed by atoms with Gasteiger partial charge in [-0.05, 0) is 36.0 Å². The summed E-state index contributed by atoms with van der Waals surface area (Å²) in [5.41, 5.74) is 2.03. The van der Waals surface area contributed by atoms with Gasteiger partial charge in [0.25, 0.3) is 0 Å². The SMILES string of the molecule is CC1C(C)[C@H](C(=O)NCCc2cn(C)c3ncccc23)[C@@H]1C(=O)[O-].[Na+]. The van der Waals surface area contributed by atoms with Gasteiger partial charge in [0.15, 0.2) is 0 Å². The van der Waals surface area contributed by atoms with Gasteiger partial charge in [0.1, 0.15) is 5.65 Å². The van der Waals surface area contributed by atoms with Gasteiger partial charge in [0, 0.05) is 49.2 Å². The molecule has 2 unspecified atom stereocenters. The Hall–Kier alpha value is -1.37. The third kappa shape index (κ3) is 3.61. The minimum absolute atomic E-state index is 0. The Morgan fingerprint density at radius 3 is 2.64 bits per heavy atom. The van der Waals surface area contributed by atoms with Crippen LogP contribution in [0.25, 0.3) is 11.0 Å². The molecule has 128 valence electrons. The van der Waals surface area contributed by atoms with Gasteiger partial charge < -0.3 is 19.8 Å². The molecule has 25 heavy (non-hydrogen) atoms. The van der Waals surface area contributed by atoms with E-state index in [0.717, 1.165) is 16.6 Å². The number of pyridine rings is 1. The molecule has 2 aromatic heterocycles. The van der Waals surface area contributed by atoms with Gasteiger partial charge in [-0.2, -0.15) is 0 Å². The third-order valence-electron chi connectivity index (χ3n) is 5.43. The quantitative estimate of drug-likeness (QED) is 0.604. The van der Waals surface area contributed by atoms with Crippen LogP contribution in [0.5, 0.6) is 0 Å². The molecule has 2 aromatic rings. The fourth-order valence-corrected chi connectivity index (χ4v) is 3.86. The Bertz CT molecular complexity index is 789. The fraction of sp³-hybridized carbons (Fsp3) is 0.500. The first-order chi connectivity index (χ1) is 11.4. The predicted octanol–water partition coefficient (Wildman–Crippen LogP) is -2.50.